The zero-order chi connectivity index (χ0) is 16.8. The van der Waals surface area contributed by atoms with Crippen LogP contribution in [-0.2, 0) is 17.8 Å². The van der Waals surface area contributed by atoms with Gasteiger partial charge in [-0.05, 0) is 23.3 Å². The van der Waals surface area contributed by atoms with Crippen molar-refractivity contribution in [1.29, 1.82) is 0 Å². The number of nitrogens with one attached hydrogen (secondary N) is 1. The van der Waals surface area contributed by atoms with Gasteiger partial charge in [-0.2, -0.15) is 0 Å². The van der Waals surface area contributed by atoms with Crippen molar-refractivity contribution >= 4 is 17.8 Å². The normalized spacial score (nSPS) is 10.1. The molecule has 0 atom stereocenters. The first-order valence-corrected chi connectivity index (χ1v) is 6.94. The Hall–Kier alpha value is -3.15. The smallest absolute Gasteiger partial charge is 0.336 e. The summed E-state index contributed by atoms with van der Waals surface area (Å²) in [6, 6.07) is 13.1. The van der Waals surface area contributed by atoms with Gasteiger partial charge in [0.2, 0.25) is 5.91 Å². The SMILES string of the molecule is NC(=O)Cc1ccc(CNC(=O)c2ccccc2C(=O)O)cc1. The predicted molar refractivity (Wildman–Crippen MR) is 83.9 cm³/mol. The van der Waals surface area contributed by atoms with Crippen LogP contribution in [0.15, 0.2) is 48.5 Å². The number of carboxylic acid groups (broad SMARTS) is 1. The van der Waals surface area contributed by atoms with Crippen LogP contribution in [0.25, 0.3) is 0 Å². The molecule has 0 aliphatic heterocycles. The van der Waals surface area contributed by atoms with Crippen molar-refractivity contribution in [2.75, 3.05) is 0 Å². The molecule has 0 fully saturated rings. The van der Waals surface area contributed by atoms with Gasteiger partial charge in [-0.1, -0.05) is 36.4 Å². The Kier molecular flexibility index (Phi) is 5.09. The van der Waals surface area contributed by atoms with Crippen LogP contribution in [0.2, 0.25) is 0 Å². The van der Waals surface area contributed by atoms with Crippen LogP contribution in [0.3, 0.4) is 0 Å². The minimum absolute atomic E-state index is 0.0400. The number of primary amides is 1. The van der Waals surface area contributed by atoms with E-state index in [0.29, 0.717) is 0 Å². The van der Waals surface area contributed by atoms with Crippen molar-refractivity contribution in [3.63, 3.8) is 0 Å². The molecule has 0 saturated carbocycles. The van der Waals surface area contributed by atoms with Crippen molar-refractivity contribution in [2.45, 2.75) is 13.0 Å². The topological polar surface area (TPSA) is 109 Å². The van der Waals surface area contributed by atoms with E-state index in [1.807, 2.05) is 0 Å². The Morgan fingerprint density at radius 2 is 1.48 bits per heavy atom. The van der Waals surface area contributed by atoms with Gasteiger partial charge in [0.25, 0.3) is 5.91 Å². The standard InChI is InChI=1S/C17H16N2O4/c18-15(20)9-11-5-7-12(8-6-11)10-19-16(21)13-3-1-2-4-14(13)17(22)23/h1-8H,9-10H2,(H2,18,20)(H,19,21)(H,22,23). The molecule has 0 heterocycles. The quantitative estimate of drug-likeness (QED) is 0.747. The number of benzene rings is 2. The lowest BCUT2D eigenvalue weighted by molar-refractivity contribution is -0.117. The monoisotopic (exact) mass is 312 g/mol. The second kappa shape index (κ2) is 7.22. The first kappa shape index (κ1) is 16.2. The van der Waals surface area contributed by atoms with Gasteiger partial charge < -0.3 is 16.2 Å². The van der Waals surface area contributed by atoms with Crippen LogP contribution in [0.4, 0.5) is 0 Å². The summed E-state index contributed by atoms with van der Waals surface area (Å²) in [4.78, 5) is 34.1. The van der Waals surface area contributed by atoms with Crippen molar-refractivity contribution in [3.8, 4) is 0 Å². The molecule has 2 rings (SSSR count). The average molecular weight is 312 g/mol. The van der Waals surface area contributed by atoms with E-state index in [2.05, 4.69) is 5.32 Å². The maximum Gasteiger partial charge on any atom is 0.336 e. The van der Waals surface area contributed by atoms with E-state index in [-0.39, 0.29) is 24.1 Å². The number of hydrogen-bond acceptors (Lipinski definition) is 3. The number of nitrogens with two attached hydrogens (primary N) is 1. The molecular formula is C17H16N2O4. The summed E-state index contributed by atoms with van der Waals surface area (Å²) in [6.07, 6.45) is 0.165. The van der Waals surface area contributed by atoms with Gasteiger partial charge in [-0.15, -0.1) is 0 Å². The van der Waals surface area contributed by atoms with Crippen molar-refractivity contribution in [2.24, 2.45) is 5.73 Å². The maximum absolute atomic E-state index is 12.1. The van der Waals surface area contributed by atoms with E-state index in [1.54, 1.807) is 36.4 Å². The lowest BCUT2D eigenvalue weighted by Crippen LogP contribution is -2.24. The van der Waals surface area contributed by atoms with E-state index >= 15 is 0 Å². The predicted octanol–water partition coefficient (Wildman–Crippen LogP) is 1.34. The van der Waals surface area contributed by atoms with Gasteiger partial charge in [-0.3, -0.25) is 9.59 Å². The lowest BCUT2D eigenvalue weighted by Gasteiger charge is -2.08. The first-order chi connectivity index (χ1) is 11.0. The van der Waals surface area contributed by atoms with Crippen LogP contribution in [0.1, 0.15) is 31.8 Å². The Morgan fingerprint density at radius 3 is 2.04 bits per heavy atom. The molecule has 0 aliphatic rings. The van der Waals surface area contributed by atoms with Gasteiger partial charge >= 0.3 is 5.97 Å². The molecule has 2 aromatic carbocycles. The molecule has 0 spiro atoms. The van der Waals surface area contributed by atoms with E-state index in [1.165, 1.54) is 12.1 Å². The fraction of sp³-hybridized carbons (Fsp3) is 0.118. The number of amides is 2. The Morgan fingerprint density at radius 1 is 0.913 bits per heavy atom. The molecule has 6 heteroatoms. The van der Waals surface area contributed by atoms with E-state index in [4.69, 9.17) is 10.8 Å². The van der Waals surface area contributed by atoms with E-state index < -0.39 is 17.8 Å². The summed E-state index contributed by atoms with van der Waals surface area (Å²) in [7, 11) is 0. The highest BCUT2D eigenvalue weighted by molar-refractivity contribution is 6.04. The minimum Gasteiger partial charge on any atom is -0.478 e. The fourth-order valence-electron chi connectivity index (χ4n) is 2.12. The zero-order valence-electron chi connectivity index (χ0n) is 12.3. The van der Waals surface area contributed by atoms with Gasteiger partial charge in [0, 0.05) is 6.54 Å². The second-order valence-electron chi connectivity index (χ2n) is 4.99. The summed E-state index contributed by atoms with van der Waals surface area (Å²) in [5.41, 5.74) is 6.82. The summed E-state index contributed by atoms with van der Waals surface area (Å²) >= 11 is 0. The van der Waals surface area contributed by atoms with Crippen molar-refractivity contribution < 1.29 is 19.5 Å². The Labute approximate surface area is 132 Å². The fourth-order valence-corrected chi connectivity index (χ4v) is 2.12. The zero-order valence-corrected chi connectivity index (χ0v) is 12.3. The van der Waals surface area contributed by atoms with Crippen molar-refractivity contribution in [1.82, 2.24) is 5.32 Å². The first-order valence-electron chi connectivity index (χ1n) is 6.94. The van der Waals surface area contributed by atoms with Crippen LogP contribution in [0.5, 0.6) is 0 Å². The molecule has 0 aliphatic carbocycles. The third-order valence-electron chi connectivity index (χ3n) is 3.26. The van der Waals surface area contributed by atoms with Crippen LogP contribution in [0, 0.1) is 0 Å². The average Bonchev–Trinajstić information content (AvgIpc) is 2.53. The second-order valence-corrected chi connectivity index (χ2v) is 4.99. The molecule has 6 nitrogen and oxygen atoms in total. The number of carbonyl (C=O) groups is 3. The molecule has 0 radical (unpaired) electrons. The Bertz CT molecular complexity index is 739. The van der Waals surface area contributed by atoms with Gasteiger partial charge in [-0.25, -0.2) is 4.79 Å². The third-order valence-corrected chi connectivity index (χ3v) is 3.26. The number of carboxylic acids is 1. The molecule has 0 unspecified atom stereocenters. The molecular weight excluding hydrogens is 296 g/mol. The van der Waals surface area contributed by atoms with Crippen molar-refractivity contribution in [3.05, 3.63) is 70.8 Å². The number of rotatable bonds is 6. The van der Waals surface area contributed by atoms with E-state index in [9.17, 15) is 14.4 Å². The molecule has 2 aromatic rings. The van der Waals surface area contributed by atoms with Crippen LogP contribution in [-0.4, -0.2) is 22.9 Å². The molecule has 4 N–H and O–H groups in total. The van der Waals surface area contributed by atoms with Gasteiger partial charge in [0.05, 0.1) is 17.5 Å². The summed E-state index contributed by atoms with van der Waals surface area (Å²) < 4.78 is 0. The molecule has 0 saturated heterocycles. The largest absolute Gasteiger partial charge is 0.478 e. The molecule has 23 heavy (non-hydrogen) atoms. The number of hydrogen-bond donors (Lipinski definition) is 3. The summed E-state index contributed by atoms with van der Waals surface area (Å²) in [6.45, 7) is 0.254. The lowest BCUT2D eigenvalue weighted by atomic mass is 10.1. The van der Waals surface area contributed by atoms with Gasteiger partial charge in [0.15, 0.2) is 0 Å². The molecule has 118 valence electrons. The summed E-state index contributed by atoms with van der Waals surface area (Å²) in [5, 5.41) is 11.8. The van der Waals surface area contributed by atoms with Crippen LogP contribution < -0.4 is 11.1 Å². The van der Waals surface area contributed by atoms with Crippen LogP contribution >= 0.6 is 0 Å². The minimum atomic E-state index is -1.15. The molecule has 0 bridgehead atoms. The highest BCUT2D eigenvalue weighted by atomic mass is 16.4. The highest BCUT2D eigenvalue weighted by Crippen LogP contribution is 2.10. The van der Waals surface area contributed by atoms with Gasteiger partial charge in [0.1, 0.15) is 0 Å². The number of aromatic carboxylic acids is 1. The number of carbonyl (C=O) groups excluding carboxylic acids is 2. The maximum atomic E-state index is 12.1. The van der Waals surface area contributed by atoms with E-state index in [0.717, 1.165) is 11.1 Å². The third kappa shape index (κ3) is 4.41. The molecule has 2 amide bonds. The molecule has 0 aromatic heterocycles. The highest BCUT2D eigenvalue weighted by Gasteiger charge is 2.15. The summed E-state index contributed by atoms with van der Waals surface area (Å²) in [5.74, 6) is -2.01. The Balaban J connectivity index is 2.02.